The van der Waals surface area contributed by atoms with Crippen molar-refractivity contribution in [3.05, 3.63) is 0 Å². The molecule has 118 valence electrons. The van der Waals surface area contributed by atoms with Crippen LogP contribution in [0, 0.1) is 17.8 Å². The number of fused-ring (bicyclic) bond motifs is 1. The number of ether oxygens (including phenoxy) is 2. The molecular weight excluding hydrogens is 278 g/mol. The van der Waals surface area contributed by atoms with E-state index in [-0.39, 0.29) is 31.0 Å². The van der Waals surface area contributed by atoms with Crippen molar-refractivity contribution in [2.24, 2.45) is 17.8 Å². The summed E-state index contributed by atoms with van der Waals surface area (Å²) in [6.07, 6.45) is -0.648. The third kappa shape index (κ3) is 2.96. The molecule has 7 nitrogen and oxygen atoms in total. The number of carbonyl (C=O) groups is 3. The molecule has 21 heavy (non-hydrogen) atoms. The Balaban J connectivity index is 2.07. The van der Waals surface area contributed by atoms with E-state index in [1.807, 2.05) is 0 Å². The van der Waals surface area contributed by atoms with Crippen LogP contribution in [-0.4, -0.2) is 52.8 Å². The zero-order valence-electron chi connectivity index (χ0n) is 12.7. The molecule has 1 aliphatic carbocycles. The van der Waals surface area contributed by atoms with Gasteiger partial charge in [-0.1, -0.05) is 0 Å². The Labute approximate surface area is 123 Å². The average molecular weight is 299 g/mol. The molecule has 2 aliphatic rings. The van der Waals surface area contributed by atoms with Crippen LogP contribution in [-0.2, 0) is 19.1 Å². The maximum absolute atomic E-state index is 12.1. The summed E-state index contributed by atoms with van der Waals surface area (Å²) in [5, 5.41) is 9.36. The molecule has 0 aromatic carbocycles. The van der Waals surface area contributed by atoms with E-state index in [4.69, 9.17) is 9.47 Å². The first-order valence-electron chi connectivity index (χ1n) is 7.06. The molecule has 1 saturated carbocycles. The Morgan fingerprint density at radius 2 is 1.90 bits per heavy atom. The van der Waals surface area contributed by atoms with E-state index >= 15 is 0 Å². The predicted octanol–water partition coefficient (Wildman–Crippen LogP) is 1.12. The van der Waals surface area contributed by atoms with Gasteiger partial charge in [0.1, 0.15) is 11.6 Å². The third-order valence-electron chi connectivity index (χ3n) is 3.78. The lowest BCUT2D eigenvalue weighted by molar-refractivity contribution is -0.147. The summed E-state index contributed by atoms with van der Waals surface area (Å²) in [4.78, 5) is 36.5. The molecule has 2 unspecified atom stereocenters. The highest BCUT2D eigenvalue weighted by Gasteiger charge is 2.68. The largest absolute Gasteiger partial charge is 0.480 e. The highest BCUT2D eigenvalue weighted by atomic mass is 16.6. The number of carboxylic acid groups (broad SMARTS) is 1. The lowest BCUT2D eigenvalue weighted by Crippen LogP contribution is -2.47. The van der Waals surface area contributed by atoms with E-state index in [9.17, 15) is 19.5 Å². The molecule has 0 aromatic rings. The second-order valence-electron chi connectivity index (χ2n) is 6.43. The first kappa shape index (κ1) is 15.6. The van der Waals surface area contributed by atoms with Crippen molar-refractivity contribution in [1.29, 1.82) is 0 Å². The van der Waals surface area contributed by atoms with E-state index in [0.29, 0.717) is 0 Å². The molecule has 1 saturated heterocycles. The van der Waals surface area contributed by atoms with Gasteiger partial charge in [0, 0.05) is 12.5 Å². The van der Waals surface area contributed by atoms with Crippen LogP contribution in [0.4, 0.5) is 4.79 Å². The number of carbonyl (C=O) groups excluding carboxylic acids is 2. The Morgan fingerprint density at radius 3 is 2.38 bits per heavy atom. The Kier molecular flexibility index (Phi) is 3.86. The maximum atomic E-state index is 12.1. The fourth-order valence-electron chi connectivity index (χ4n) is 2.99. The van der Waals surface area contributed by atoms with Crippen molar-refractivity contribution >= 4 is 18.0 Å². The molecule has 0 bridgehead atoms. The van der Waals surface area contributed by atoms with Gasteiger partial charge < -0.3 is 14.6 Å². The summed E-state index contributed by atoms with van der Waals surface area (Å²) in [7, 11) is 0. The number of amides is 1. The van der Waals surface area contributed by atoms with Crippen LogP contribution >= 0.6 is 0 Å². The predicted molar refractivity (Wildman–Crippen MR) is 71.5 cm³/mol. The third-order valence-corrected chi connectivity index (χ3v) is 3.78. The number of esters is 1. The van der Waals surface area contributed by atoms with E-state index in [1.54, 1.807) is 27.7 Å². The van der Waals surface area contributed by atoms with E-state index in [0.717, 1.165) is 0 Å². The monoisotopic (exact) mass is 299 g/mol. The fourth-order valence-corrected chi connectivity index (χ4v) is 2.99. The molecule has 1 heterocycles. The van der Waals surface area contributed by atoms with E-state index in [2.05, 4.69) is 0 Å². The Morgan fingerprint density at radius 1 is 1.29 bits per heavy atom. The van der Waals surface area contributed by atoms with Crippen molar-refractivity contribution in [3.63, 3.8) is 0 Å². The quantitative estimate of drug-likeness (QED) is 0.785. The highest BCUT2D eigenvalue weighted by molar-refractivity contribution is 5.86. The number of aliphatic carboxylic acids is 1. The first-order chi connectivity index (χ1) is 9.67. The standard InChI is InChI=1S/C14H21NO6/c1-5-20-12(18)9-7-6-15(10(8(7)9)11(16)17)13(19)21-14(2,3)4/h7-10H,5-6H2,1-4H3,(H,16,17)/t7?,8-,9?,10+/m1/s1. The fraction of sp³-hybridized carbons (Fsp3) is 0.786. The van der Waals surface area contributed by atoms with Gasteiger partial charge in [-0.2, -0.15) is 0 Å². The summed E-state index contributed by atoms with van der Waals surface area (Å²) >= 11 is 0. The second-order valence-corrected chi connectivity index (χ2v) is 6.43. The highest BCUT2D eigenvalue weighted by Crippen LogP contribution is 2.56. The van der Waals surface area contributed by atoms with Gasteiger partial charge in [-0.3, -0.25) is 9.69 Å². The molecule has 0 spiro atoms. The molecule has 4 atom stereocenters. The number of carboxylic acids is 1. The van der Waals surface area contributed by atoms with Gasteiger partial charge in [0.05, 0.1) is 12.5 Å². The second kappa shape index (κ2) is 5.20. The molecule has 1 aliphatic heterocycles. The van der Waals surface area contributed by atoms with Crippen LogP contribution in [0.25, 0.3) is 0 Å². The van der Waals surface area contributed by atoms with Crippen molar-refractivity contribution in [2.45, 2.75) is 39.3 Å². The van der Waals surface area contributed by atoms with Crippen LogP contribution in [0.15, 0.2) is 0 Å². The molecule has 1 amide bonds. The SMILES string of the molecule is CCOC(=O)C1C2CN(C(=O)OC(C)(C)C)[C@H](C(=O)O)[C@H]21. The van der Waals surface area contributed by atoms with Gasteiger partial charge in [0.2, 0.25) is 0 Å². The number of nitrogens with zero attached hydrogens (tertiary/aromatic N) is 1. The minimum Gasteiger partial charge on any atom is -0.480 e. The number of hydrogen-bond acceptors (Lipinski definition) is 5. The summed E-state index contributed by atoms with van der Waals surface area (Å²) in [6, 6.07) is -1.01. The number of rotatable bonds is 3. The molecule has 2 rings (SSSR count). The van der Waals surface area contributed by atoms with Crippen molar-refractivity contribution in [1.82, 2.24) is 4.90 Å². The van der Waals surface area contributed by atoms with Crippen molar-refractivity contribution in [3.8, 4) is 0 Å². The van der Waals surface area contributed by atoms with Gasteiger partial charge in [-0.15, -0.1) is 0 Å². The molecular formula is C14H21NO6. The summed E-state index contributed by atoms with van der Waals surface area (Å²) in [5.41, 5.74) is -0.687. The van der Waals surface area contributed by atoms with Gasteiger partial charge in [-0.05, 0) is 33.6 Å². The number of piperidine rings is 1. The lowest BCUT2D eigenvalue weighted by Gasteiger charge is -2.29. The normalized spacial score (nSPS) is 30.6. The summed E-state index contributed by atoms with van der Waals surface area (Å²) < 4.78 is 10.2. The summed E-state index contributed by atoms with van der Waals surface area (Å²) in [6.45, 7) is 7.36. The topological polar surface area (TPSA) is 93.1 Å². The van der Waals surface area contributed by atoms with Crippen LogP contribution in [0.1, 0.15) is 27.7 Å². The van der Waals surface area contributed by atoms with E-state index < -0.39 is 29.6 Å². The summed E-state index contributed by atoms with van der Waals surface area (Å²) in [5.74, 6) is -2.40. The zero-order chi connectivity index (χ0) is 15.9. The Bertz CT molecular complexity index is 469. The van der Waals surface area contributed by atoms with Crippen LogP contribution in [0.5, 0.6) is 0 Å². The van der Waals surface area contributed by atoms with Gasteiger partial charge >= 0.3 is 18.0 Å². The molecule has 0 radical (unpaired) electrons. The zero-order valence-corrected chi connectivity index (χ0v) is 12.7. The Hall–Kier alpha value is -1.79. The minimum atomic E-state index is -1.11. The smallest absolute Gasteiger partial charge is 0.411 e. The van der Waals surface area contributed by atoms with Crippen LogP contribution in [0.3, 0.4) is 0 Å². The van der Waals surface area contributed by atoms with Crippen LogP contribution < -0.4 is 0 Å². The van der Waals surface area contributed by atoms with Crippen molar-refractivity contribution < 1.29 is 29.0 Å². The van der Waals surface area contributed by atoms with E-state index in [1.165, 1.54) is 4.90 Å². The maximum Gasteiger partial charge on any atom is 0.411 e. The number of hydrogen-bond donors (Lipinski definition) is 1. The average Bonchev–Trinajstić information content (AvgIpc) is 2.87. The molecule has 7 heteroatoms. The van der Waals surface area contributed by atoms with Gasteiger partial charge in [0.25, 0.3) is 0 Å². The van der Waals surface area contributed by atoms with Crippen LogP contribution in [0.2, 0.25) is 0 Å². The molecule has 2 fully saturated rings. The first-order valence-corrected chi connectivity index (χ1v) is 7.06. The van der Waals surface area contributed by atoms with Gasteiger partial charge in [-0.25, -0.2) is 9.59 Å². The van der Waals surface area contributed by atoms with Gasteiger partial charge in [0.15, 0.2) is 0 Å². The lowest BCUT2D eigenvalue weighted by atomic mass is 10.1. The minimum absolute atomic E-state index is 0.141. The van der Waals surface area contributed by atoms with Crippen molar-refractivity contribution in [2.75, 3.05) is 13.2 Å². The molecule has 0 aromatic heterocycles. The number of likely N-dealkylation sites (tertiary alicyclic amines) is 1. The molecule has 1 N–H and O–H groups in total.